The molecule has 130 valence electrons. The first-order valence-corrected chi connectivity index (χ1v) is 8.58. The van der Waals surface area contributed by atoms with Crippen LogP contribution in [0.1, 0.15) is 23.7 Å². The van der Waals surface area contributed by atoms with E-state index in [1.165, 1.54) is 0 Å². The van der Waals surface area contributed by atoms with Crippen molar-refractivity contribution in [1.29, 1.82) is 0 Å². The monoisotopic (exact) mass is 397 g/mol. The molecule has 1 atom stereocenters. The molecule has 0 aliphatic rings. The predicted molar refractivity (Wildman–Crippen MR) is 92.8 cm³/mol. The van der Waals surface area contributed by atoms with Gasteiger partial charge in [-0.1, -0.05) is 45.8 Å². The smallest absolute Gasteiger partial charge is 0.338 e. The summed E-state index contributed by atoms with van der Waals surface area (Å²) in [6.45, 7) is 2.08. The maximum absolute atomic E-state index is 11.8. The van der Waals surface area contributed by atoms with Crippen LogP contribution >= 0.6 is 15.9 Å². The molecular weight excluding hydrogens is 378 g/mol. The van der Waals surface area contributed by atoms with Crippen molar-refractivity contribution in [2.75, 3.05) is 18.5 Å². The van der Waals surface area contributed by atoms with Crippen molar-refractivity contribution in [3.63, 3.8) is 0 Å². The SMILES string of the molecule is CCOC(=O)C(C=C(CBr)CCOC(=O)c1ccccc1)NC=O. The van der Waals surface area contributed by atoms with Crippen molar-refractivity contribution in [2.45, 2.75) is 19.4 Å². The van der Waals surface area contributed by atoms with Crippen molar-refractivity contribution in [2.24, 2.45) is 0 Å². The van der Waals surface area contributed by atoms with Crippen molar-refractivity contribution >= 4 is 34.3 Å². The first kappa shape index (κ1) is 19.9. The van der Waals surface area contributed by atoms with Gasteiger partial charge >= 0.3 is 11.9 Å². The minimum Gasteiger partial charge on any atom is -0.464 e. The zero-order valence-electron chi connectivity index (χ0n) is 13.4. The lowest BCUT2D eigenvalue weighted by molar-refractivity contribution is -0.145. The van der Waals surface area contributed by atoms with Gasteiger partial charge < -0.3 is 14.8 Å². The summed E-state index contributed by atoms with van der Waals surface area (Å²) in [6.07, 6.45) is 2.47. The van der Waals surface area contributed by atoms with E-state index in [2.05, 4.69) is 21.2 Å². The van der Waals surface area contributed by atoms with Crippen molar-refractivity contribution in [3.05, 3.63) is 47.5 Å². The number of esters is 2. The molecule has 0 aliphatic heterocycles. The van der Waals surface area contributed by atoms with E-state index in [0.29, 0.717) is 23.7 Å². The summed E-state index contributed by atoms with van der Waals surface area (Å²) in [5.41, 5.74) is 1.29. The van der Waals surface area contributed by atoms with Crippen LogP contribution in [-0.2, 0) is 19.1 Å². The number of hydrogen-bond acceptors (Lipinski definition) is 5. The molecule has 0 saturated heterocycles. The number of ether oxygens (including phenoxy) is 2. The van der Waals surface area contributed by atoms with Gasteiger partial charge in [-0.2, -0.15) is 0 Å². The van der Waals surface area contributed by atoms with Crippen LogP contribution in [0.25, 0.3) is 0 Å². The second kappa shape index (κ2) is 11.4. The molecule has 0 aliphatic carbocycles. The largest absolute Gasteiger partial charge is 0.464 e. The van der Waals surface area contributed by atoms with E-state index in [0.717, 1.165) is 5.57 Å². The molecule has 0 bridgehead atoms. The first-order chi connectivity index (χ1) is 11.6. The Morgan fingerprint density at radius 2 is 1.96 bits per heavy atom. The number of carbonyl (C=O) groups excluding carboxylic acids is 3. The zero-order chi connectivity index (χ0) is 17.8. The van der Waals surface area contributed by atoms with E-state index in [9.17, 15) is 14.4 Å². The quantitative estimate of drug-likeness (QED) is 0.283. The second-order valence-corrected chi connectivity index (χ2v) is 5.29. The third-order valence-corrected chi connectivity index (χ3v) is 3.75. The minimum absolute atomic E-state index is 0.168. The molecule has 1 N–H and O–H groups in total. The van der Waals surface area contributed by atoms with Gasteiger partial charge in [0.05, 0.1) is 18.8 Å². The van der Waals surface area contributed by atoms with Crippen molar-refractivity contribution < 1.29 is 23.9 Å². The van der Waals surface area contributed by atoms with Gasteiger partial charge in [-0.15, -0.1) is 0 Å². The Balaban J connectivity index is 2.59. The van der Waals surface area contributed by atoms with Crippen LogP contribution in [-0.4, -0.2) is 42.9 Å². The number of benzene rings is 1. The lowest BCUT2D eigenvalue weighted by atomic mass is 10.1. The molecule has 1 aromatic carbocycles. The third kappa shape index (κ3) is 6.95. The molecule has 7 heteroatoms. The van der Waals surface area contributed by atoms with Crippen molar-refractivity contribution in [1.82, 2.24) is 5.32 Å². The van der Waals surface area contributed by atoms with Gasteiger partial charge in [0.25, 0.3) is 0 Å². The molecule has 1 unspecified atom stereocenters. The maximum atomic E-state index is 11.8. The van der Waals surface area contributed by atoms with Crippen LogP contribution in [0.5, 0.6) is 0 Å². The van der Waals surface area contributed by atoms with Gasteiger partial charge in [0.2, 0.25) is 6.41 Å². The van der Waals surface area contributed by atoms with Crippen LogP contribution in [0.4, 0.5) is 0 Å². The predicted octanol–water partition coefficient (Wildman–Crippen LogP) is 2.23. The maximum Gasteiger partial charge on any atom is 0.338 e. The molecule has 1 rings (SSSR count). The van der Waals surface area contributed by atoms with E-state index in [-0.39, 0.29) is 13.2 Å². The van der Waals surface area contributed by atoms with Gasteiger partial charge in [-0.05, 0) is 19.1 Å². The van der Waals surface area contributed by atoms with E-state index < -0.39 is 18.0 Å². The molecule has 0 radical (unpaired) electrons. The molecule has 0 aromatic heterocycles. The van der Waals surface area contributed by atoms with Crippen LogP contribution in [0.3, 0.4) is 0 Å². The number of rotatable bonds is 10. The molecule has 0 spiro atoms. The second-order valence-electron chi connectivity index (χ2n) is 4.72. The van der Waals surface area contributed by atoms with Crippen molar-refractivity contribution in [3.8, 4) is 0 Å². The average molecular weight is 398 g/mol. The van der Waals surface area contributed by atoms with E-state index >= 15 is 0 Å². The van der Waals surface area contributed by atoms with Gasteiger partial charge in [0.15, 0.2) is 0 Å². The van der Waals surface area contributed by atoms with E-state index in [1.54, 1.807) is 37.3 Å². The van der Waals surface area contributed by atoms with Gasteiger partial charge in [0.1, 0.15) is 6.04 Å². The summed E-state index contributed by atoms with van der Waals surface area (Å²) in [5.74, 6) is -0.943. The van der Waals surface area contributed by atoms with Gasteiger partial charge in [0, 0.05) is 11.8 Å². The fourth-order valence-corrected chi connectivity index (χ4v) is 2.32. The molecule has 0 fully saturated rings. The standard InChI is InChI=1S/C17H20BrNO5/c1-2-23-17(22)15(19-12-20)10-13(11-18)8-9-24-16(21)14-6-4-3-5-7-14/h3-7,10,12,15H,2,8-9,11H2,1H3,(H,19,20). The third-order valence-electron chi connectivity index (χ3n) is 3.03. The molecule has 24 heavy (non-hydrogen) atoms. The molecule has 0 saturated carbocycles. The lowest BCUT2D eigenvalue weighted by Crippen LogP contribution is -2.36. The van der Waals surface area contributed by atoms with Crippen LogP contribution in [0.15, 0.2) is 42.0 Å². The molecular formula is C17H20BrNO5. The highest BCUT2D eigenvalue weighted by Crippen LogP contribution is 2.10. The topological polar surface area (TPSA) is 81.7 Å². The fourth-order valence-electron chi connectivity index (χ4n) is 1.85. The molecule has 0 heterocycles. The Bertz CT molecular complexity index is 574. The van der Waals surface area contributed by atoms with Crippen LogP contribution < -0.4 is 5.32 Å². The summed E-state index contributed by atoms with van der Waals surface area (Å²) in [4.78, 5) is 34.2. The number of halogens is 1. The normalized spacial score (nSPS) is 12.2. The Morgan fingerprint density at radius 3 is 2.54 bits per heavy atom. The van der Waals surface area contributed by atoms with E-state index in [4.69, 9.17) is 9.47 Å². The Kier molecular flexibility index (Phi) is 9.45. The minimum atomic E-state index is -0.861. The highest BCUT2D eigenvalue weighted by atomic mass is 79.9. The molecule has 1 amide bonds. The lowest BCUT2D eigenvalue weighted by Gasteiger charge is -2.13. The number of carbonyl (C=O) groups is 3. The van der Waals surface area contributed by atoms with Gasteiger partial charge in [-0.3, -0.25) is 4.79 Å². The average Bonchev–Trinajstić information content (AvgIpc) is 2.60. The summed E-state index contributed by atoms with van der Waals surface area (Å²) >= 11 is 3.32. The highest BCUT2D eigenvalue weighted by molar-refractivity contribution is 9.09. The number of nitrogens with one attached hydrogen (secondary N) is 1. The summed E-state index contributed by atoms with van der Waals surface area (Å²) < 4.78 is 10.1. The summed E-state index contributed by atoms with van der Waals surface area (Å²) in [7, 11) is 0. The van der Waals surface area contributed by atoms with Crippen LogP contribution in [0.2, 0.25) is 0 Å². The Hall–Kier alpha value is -2.15. The Labute approximate surface area is 149 Å². The summed E-state index contributed by atoms with van der Waals surface area (Å²) in [5, 5.41) is 2.88. The first-order valence-electron chi connectivity index (χ1n) is 7.46. The summed E-state index contributed by atoms with van der Waals surface area (Å²) in [6, 6.07) is 7.82. The Morgan fingerprint density at radius 1 is 1.25 bits per heavy atom. The highest BCUT2D eigenvalue weighted by Gasteiger charge is 2.17. The zero-order valence-corrected chi connectivity index (χ0v) is 15.0. The van der Waals surface area contributed by atoms with Crippen LogP contribution in [0, 0.1) is 0 Å². The molecule has 6 nitrogen and oxygen atoms in total. The number of hydrogen-bond donors (Lipinski definition) is 1. The van der Waals surface area contributed by atoms with Gasteiger partial charge in [-0.25, -0.2) is 9.59 Å². The number of amides is 1. The fraction of sp³-hybridized carbons (Fsp3) is 0.353. The van der Waals surface area contributed by atoms with E-state index in [1.807, 2.05) is 6.07 Å². The number of alkyl halides is 1. The molecule has 1 aromatic rings.